The Morgan fingerprint density at radius 1 is 1.18 bits per heavy atom. The second kappa shape index (κ2) is 15.1. The minimum absolute atomic E-state index is 0.0468. The maximum Gasteiger partial charge on any atom is 0.416 e. The number of benzene rings is 2. The van der Waals surface area contributed by atoms with Crippen molar-refractivity contribution in [2.45, 2.75) is 75.2 Å². The van der Waals surface area contributed by atoms with Gasteiger partial charge in [-0.25, -0.2) is 0 Å². The largest absolute Gasteiger partial charge is 0.593 e. The number of nitrogens with one attached hydrogen (secondary N) is 2. The van der Waals surface area contributed by atoms with E-state index in [4.69, 9.17) is 4.74 Å². The van der Waals surface area contributed by atoms with Crippen LogP contribution in [-0.2, 0) is 27.1 Å². The van der Waals surface area contributed by atoms with Crippen molar-refractivity contribution in [2.24, 2.45) is 5.92 Å². The Labute approximate surface area is 258 Å². The average Bonchev–Trinajstić information content (AvgIpc) is 3.01. The Bertz CT molecular complexity index is 1350. The fraction of sp³-hybridized carbons (Fsp3) is 0.438. The number of halogens is 3. The Morgan fingerprint density at radius 2 is 1.93 bits per heavy atom. The van der Waals surface area contributed by atoms with Crippen LogP contribution in [0, 0.1) is 5.92 Å². The number of anilines is 1. The summed E-state index contributed by atoms with van der Waals surface area (Å²) in [6, 6.07) is 9.22. The number of hydrogen-bond donors (Lipinski definition) is 3. The monoisotopic (exact) mass is 633 g/mol. The van der Waals surface area contributed by atoms with Crippen LogP contribution in [-0.4, -0.2) is 57.1 Å². The summed E-state index contributed by atoms with van der Waals surface area (Å²) in [6.45, 7) is 4.32. The number of amides is 2. The summed E-state index contributed by atoms with van der Waals surface area (Å²) >= 11 is -2.03. The topological polar surface area (TPSA) is 114 Å². The van der Waals surface area contributed by atoms with E-state index < -0.39 is 53.1 Å². The van der Waals surface area contributed by atoms with Crippen LogP contribution in [0.1, 0.15) is 51.5 Å². The van der Waals surface area contributed by atoms with E-state index in [9.17, 15) is 32.4 Å². The molecule has 8 nitrogen and oxygen atoms in total. The maximum absolute atomic E-state index is 13.7. The summed E-state index contributed by atoms with van der Waals surface area (Å²) in [6.07, 6.45) is 2.88. The lowest BCUT2D eigenvalue weighted by Gasteiger charge is -2.34. The molecule has 238 valence electrons. The van der Waals surface area contributed by atoms with E-state index in [1.165, 1.54) is 16.4 Å². The quantitative estimate of drug-likeness (QED) is 0.287. The number of alkyl halides is 3. The van der Waals surface area contributed by atoms with Crippen molar-refractivity contribution in [1.29, 1.82) is 0 Å². The number of nitrogens with zero attached hydrogens (tertiary/aromatic N) is 1. The average molecular weight is 634 g/mol. The number of aliphatic hydroxyl groups excluding tert-OH is 1. The first-order chi connectivity index (χ1) is 21.0. The molecule has 2 amide bonds. The van der Waals surface area contributed by atoms with Crippen molar-refractivity contribution in [3.05, 3.63) is 77.9 Å². The highest BCUT2D eigenvalue weighted by Gasteiger charge is 2.40. The zero-order valence-corrected chi connectivity index (χ0v) is 25.5. The molecule has 2 aliphatic rings. The lowest BCUT2D eigenvalue weighted by molar-refractivity contribution is -0.137. The molecular formula is C32H38F3N3O5S. The third-order valence-corrected chi connectivity index (χ3v) is 9.19. The molecule has 1 saturated heterocycles. The number of allylic oxidation sites excluding steroid dienone is 2. The van der Waals surface area contributed by atoms with Gasteiger partial charge >= 0.3 is 6.18 Å². The van der Waals surface area contributed by atoms with Gasteiger partial charge in [-0.3, -0.25) is 9.59 Å². The van der Waals surface area contributed by atoms with Crippen LogP contribution in [0.5, 0.6) is 5.75 Å². The molecule has 12 heteroatoms. The van der Waals surface area contributed by atoms with E-state index in [0.717, 1.165) is 17.7 Å². The van der Waals surface area contributed by atoms with E-state index in [0.29, 0.717) is 43.7 Å². The number of carbonyl (C=O) groups excluding carboxylic acids is 2. The molecule has 44 heavy (non-hydrogen) atoms. The highest BCUT2D eigenvalue weighted by molar-refractivity contribution is 7.89. The lowest BCUT2D eigenvalue weighted by atomic mass is 9.90. The standard InChI is InChI=1S/C32H38F3N3O5S/c1-3-43-26-16-14-25(15-17-26)36-30(40)28(19-22-10-12-23(13-11-22)21(2)39)37-31(41)29-9-4-5-18-38(29)44(42)27-8-6-7-24(20-27)32(33,34)35/h6-8,10-12,14-17,20-21,23,28-29,39H,3-5,9,13,18-19H2,1-2H3,(H,36,40)(H,37,41)/t21?,23?,28?,29-,44?/m0/s1. The molecule has 0 radical (unpaired) electrons. The van der Waals surface area contributed by atoms with Crippen molar-refractivity contribution >= 4 is 28.9 Å². The summed E-state index contributed by atoms with van der Waals surface area (Å²) < 4.78 is 60.3. The van der Waals surface area contributed by atoms with Gasteiger partial charge < -0.3 is 25.0 Å². The molecule has 0 aromatic heterocycles. The van der Waals surface area contributed by atoms with Gasteiger partial charge in [-0.05, 0) is 81.5 Å². The van der Waals surface area contributed by atoms with Gasteiger partial charge in [-0.1, -0.05) is 24.3 Å². The van der Waals surface area contributed by atoms with Crippen LogP contribution in [0.25, 0.3) is 0 Å². The minimum atomic E-state index is -4.60. The molecule has 0 saturated carbocycles. The van der Waals surface area contributed by atoms with E-state index in [-0.39, 0.29) is 23.8 Å². The second-order valence-corrected chi connectivity index (χ2v) is 12.4. The van der Waals surface area contributed by atoms with E-state index >= 15 is 0 Å². The number of aliphatic hydroxyl groups is 1. The van der Waals surface area contributed by atoms with Gasteiger partial charge in [-0.15, -0.1) is 4.31 Å². The molecule has 2 aromatic rings. The smallest absolute Gasteiger partial charge is 0.416 e. The highest BCUT2D eigenvalue weighted by atomic mass is 32.2. The Kier molecular flexibility index (Phi) is 11.5. The molecular weight excluding hydrogens is 595 g/mol. The van der Waals surface area contributed by atoms with Gasteiger partial charge in [0.25, 0.3) is 0 Å². The van der Waals surface area contributed by atoms with Gasteiger partial charge in [0.15, 0.2) is 4.90 Å². The number of ether oxygens (including phenoxy) is 1. The molecule has 0 spiro atoms. The third-order valence-electron chi connectivity index (χ3n) is 7.67. The van der Waals surface area contributed by atoms with Gasteiger partial charge in [0.1, 0.15) is 17.8 Å². The van der Waals surface area contributed by atoms with Gasteiger partial charge in [0.2, 0.25) is 11.8 Å². The third kappa shape index (κ3) is 8.87. The minimum Gasteiger partial charge on any atom is -0.593 e. The van der Waals surface area contributed by atoms with Crippen LogP contribution < -0.4 is 15.4 Å². The molecule has 3 N–H and O–H groups in total. The SMILES string of the molecule is CCOc1ccc(NC(=O)C(CC2=CCC(C(C)O)C=C2)NC(=O)[C@@H]2CCCCN2[S+]([O-])c2cccc(C(F)(F)F)c2)cc1. The Hall–Kier alpha value is -3.32. The Morgan fingerprint density at radius 3 is 2.57 bits per heavy atom. The fourth-order valence-corrected chi connectivity index (χ4v) is 6.64. The van der Waals surface area contributed by atoms with Crippen molar-refractivity contribution in [3.8, 4) is 5.75 Å². The van der Waals surface area contributed by atoms with Gasteiger partial charge in [0, 0.05) is 30.6 Å². The summed E-state index contributed by atoms with van der Waals surface area (Å²) in [5.74, 6) is -0.396. The highest BCUT2D eigenvalue weighted by Crippen LogP contribution is 2.33. The summed E-state index contributed by atoms with van der Waals surface area (Å²) in [5.41, 5.74) is 0.395. The van der Waals surface area contributed by atoms with Gasteiger partial charge in [0.05, 0.1) is 29.6 Å². The number of piperidine rings is 1. The van der Waals surface area contributed by atoms with E-state index in [1.54, 1.807) is 31.2 Å². The second-order valence-electron chi connectivity index (χ2n) is 10.9. The van der Waals surface area contributed by atoms with Crippen LogP contribution in [0.2, 0.25) is 0 Å². The molecule has 0 bridgehead atoms. The molecule has 1 fully saturated rings. The summed E-state index contributed by atoms with van der Waals surface area (Å²) in [7, 11) is 0. The number of hydrogen-bond acceptors (Lipinski definition) is 6. The first kappa shape index (κ1) is 33.6. The van der Waals surface area contributed by atoms with E-state index in [1.807, 2.05) is 25.2 Å². The van der Waals surface area contributed by atoms with Gasteiger partial charge in [-0.2, -0.15) is 13.2 Å². The van der Waals surface area contributed by atoms with Crippen LogP contribution in [0.4, 0.5) is 18.9 Å². The van der Waals surface area contributed by atoms with Crippen molar-refractivity contribution in [2.75, 3.05) is 18.5 Å². The van der Waals surface area contributed by atoms with Crippen LogP contribution >= 0.6 is 0 Å². The predicted octanol–water partition coefficient (Wildman–Crippen LogP) is 5.38. The fourth-order valence-electron chi connectivity index (χ4n) is 5.22. The molecule has 4 unspecified atom stereocenters. The number of rotatable bonds is 11. The molecule has 1 aliphatic heterocycles. The normalized spacial score (nSPS) is 21.1. The lowest BCUT2D eigenvalue weighted by Crippen LogP contribution is -2.55. The molecule has 5 atom stereocenters. The molecule has 2 aromatic carbocycles. The zero-order chi connectivity index (χ0) is 31.9. The molecule has 1 heterocycles. The first-order valence-corrected chi connectivity index (χ1v) is 15.8. The Balaban J connectivity index is 1.53. The van der Waals surface area contributed by atoms with Crippen LogP contribution in [0.3, 0.4) is 0 Å². The summed E-state index contributed by atoms with van der Waals surface area (Å²) in [5, 5.41) is 15.6. The predicted molar refractivity (Wildman–Crippen MR) is 162 cm³/mol. The molecule has 1 aliphatic carbocycles. The van der Waals surface area contributed by atoms with Crippen molar-refractivity contribution < 1.29 is 37.2 Å². The van der Waals surface area contributed by atoms with E-state index in [2.05, 4.69) is 10.6 Å². The van der Waals surface area contributed by atoms with Crippen molar-refractivity contribution in [3.63, 3.8) is 0 Å². The summed E-state index contributed by atoms with van der Waals surface area (Å²) in [4.78, 5) is 27.2. The van der Waals surface area contributed by atoms with Crippen molar-refractivity contribution in [1.82, 2.24) is 9.62 Å². The zero-order valence-electron chi connectivity index (χ0n) is 24.7. The first-order valence-electron chi connectivity index (χ1n) is 14.7. The molecule has 4 rings (SSSR count). The number of carbonyl (C=O) groups is 2. The van der Waals surface area contributed by atoms with Crippen LogP contribution in [0.15, 0.2) is 77.2 Å². The maximum atomic E-state index is 13.7.